The van der Waals surface area contributed by atoms with Crippen LogP contribution in [0, 0.1) is 11.8 Å². The Morgan fingerprint density at radius 2 is 1.61 bits per heavy atom. The Labute approximate surface area is 195 Å². The van der Waals surface area contributed by atoms with Gasteiger partial charge in [-0.25, -0.2) is 0 Å². The van der Waals surface area contributed by atoms with Gasteiger partial charge in [-0.15, -0.1) is 0 Å². The lowest BCUT2D eigenvalue weighted by molar-refractivity contribution is -0.182. The normalized spacial score (nSPS) is 26.0. The maximum Gasteiger partial charge on any atom is 0.317 e. The first-order valence-electron chi connectivity index (χ1n) is 11.1. The number of Topliss-reactive ketones (excluding diaryl/α,β-unsaturated/α-hetero) is 1. The lowest BCUT2D eigenvalue weighted by atomic mass is 9.61. The fourth-order valence-electron chi connectivity index (χ4n) is 4.16. The summed E-state index contributed by atoms with van der Waals surface area (Å²) in [5, 5.41) is 21.4. The van der Waals surface area contributed by atoms with Gasteiger partial charge in [0.15, 0.2) is 17.3 Å². The Balaban J connectivity index is 2.71. The third kappa shape index (κ3) is 6.47. The van der Waals surface area contributed by atoms with Crippen LogP contribution in [0.5, 0.6) is 11.5 Å². The van der Waals surface area contributed by atoms with Gasteiger partial charge in [-0.2, -0.15) is 0 Å². The molecule has 1 fully saturated rings. The van der Waals surface area contributed by atoms with Crippen molar-refractivity contribution in [2.75, 3.05) is 6.61 Å². The molecule has 0 unspecified atom stereocenters. The number of carbonyl (C=O) groups excluding carboxylic acids is 3. The maximum absolute atomic E-state index is 13.3. The first-order valence-corrected chi connectivity index (χ1v) is 11.1. The number of hydrogen-bond donors (Lipinski definition) is 2. The molecule has 0 heterocycles. The predicted octanol–water partition coefficient (Wildman–Crippen LogP) is 3.51. The molecule has 0 aliphatic heterocycles. The van der Waals surface area contributed by atoms with Gasteiger partial charge in [-0.05, 0) is 73.1 Å². The molecular weight excluding hydrogens is 428 g/mol. The Morgan fingerprint density at radius 1 is 1.06 bits per heavy atom. The van der Waals surface area contributed by atoms with Crippen LogP contribution in [0.25, 0.3) is 0 Å². The van der Waals surface area contributed by atoms with E-state index in [4.69, 9.17) is 14.2 Å². The van der Waals surface area contributed by atoms with E-state index >= 15 is 0 Å². The van der Waals surface area contributed by atoms with Gasteiger partial charge in [0.05, 0.1) is 18.1 Å². The van der Waals surface area contributed by atoms with Crippen molar-refractivity contribution in [1.82, 2.24) is 0 Å². The van der Waals surface area contributed by atoms with E-state index in [1.165, 1.54) is 25.1 Å². The van der Waals surface area contributed by atoms with E-state index in [0.717, 1.165) is 0 Å². The summed E-state index contributed by atoms with van der Waals surface area (Å²) in [6, 6.07) is 4.35. The number of phenolic OH excluding ortho intramolecular Hbond substituents is 1. The topological polar surface area (TPSA) is 119 Å². The highest BCUT2D eigenvalue weighted by molar-refractivity contribution is 6.03. The van der Waals surface area contributed by atoms with Gasteiger partial charge in [0, 0.05) is 12.3 Å². The van der Waals surface area contributed by atoms with Crippen LogP contribution in [0.2, 0.25) is 0 Å². The molecular formula is C25H36O8. The third-order valence-electron chi connectivity index (χ3n) is 5.26. The van der Waals surface area contributed by atoms with Crippen molar-refractivity contribution < 1.29 is 38.8 Å². The number of ether oxygens (including phenoxy) is 3. The summed E-state index contributed by atoms with van der Waals surface area (Å²) in [5.41, 5.74) is -3.12. The number of carbonyl (C=O) groups is 3. The van der Waals surface area contributed by atoms with Crippen molar-refractivity contribution in [1.29, 1.82) is 0 Å². The zero-order valence-corrected chi connectivity index (χ0v) is 20.7. The summed E-state index contributed by atoms with van der Waals surface area (Å²) in [6.45, 7) is 13.5. The highest BCUT2D eigenvalue weighted by atomic mass is 16.6. The summed E-state index contributed by atoms with van der Waals surface area (Å²) in [7, 11) is 0. The van der Waals surface area contributed by atoms with E-state index in [2.05, 4.69) is 0 Å². The predicted molar refractivity (Wildman–Crippen MR) is 121 cm³/mol. The van der Waals surface area contributed by atoms with Gasteiger partial charge >= 0.3 is 11.9 Å². The molecule has 0 bridgehead atoms. The van der Waals surface area contributed by atoms with E-state index in [1.807, 2.05) is 0 Å². The molecule has 1 aliphatic rings. The quantitative estimate of drug-likeness (QED) is 0.502. The number of aromatic hydroxyl groups is 1. The van der Waals surface area contributed by atoms with Crippen molar-refractivity contribution in [3.63, 3.8) is 0 Å². The molecule has 0 saturated heterocycles. The molecule has 4 atom stereocenters. The SMILES string of the molecule is CCOc1cc([C@@H]2[C@H](C(=O)OC(C)(C)C)C(=O)C[C@@](C)(O)[C@@H]2C(=O)OC(C)(C)C)ccc1O. The van der Waals surface area contributed by atoms with Crippen molar-refractivity contribution in [3.05, 3.63) is 23.8 Å². The molecule has 0 aromatic heterocycles. The first kappa shape index (κ1) is 26.6. The van der Waals surface area contributed by atoms with Gasteiger partial charge in [-0.3, -0.25) is 14.4 Å². The Morgan fingerprint density at radius 3 is 2.12 bits per heavy atom. The monoisotopic (exact) mass is 464 g/mol. The van der Waals surface area contributed by atoms with Crippen LogP contribution in [0.3, 0.4) is 0 Å². The molecule has 8 heteroatoms. The number of phenols is 1. The molecule has 1 aromatic rings. The van der Waals surface area contributed by atoms with E-state index < -0.39 is 58.7 Å². The van der Waals surface area contributed by atoms with Crippen LogP contribution in [0.15, 0.2) is 18.2 Å². The fraction of sp³-hybridized carbons (Fsp3) is 0.640. The molecule has 0 radical (unpaired) electrons. The first-order chi connectivity index (χ1) is 15.0. The van der Waals surface area contributed by atoms with Gasteiger partial charge in [-0.1, -0.05) is 6.07 Å². The summed E-state index contributed by atoms with van der Waals surface area (Å²) >= 11 is 0. The van der Waals surface area contributed by atoms with Gasteiger partial charge < -0.3 is 24.4 Å². The van der Waals surface area contributed by atoms with Crippen molar-refractivity contribution in [3.8, 4) is 11.5 Å². The number of esters is 2. The zero-order valence-electron chi connectivity index (χ0n) is 20.7. The van der Waals surface area contributed by atoms with Crippen molar-refractivity contribution in [2.24, 2.45) is 11.8 Å². The average Bonchev–Trinajstić information content (AvgIpc) is 2.59. The molecule has 8 nitrogen and oxygen atoms in total. The van der Waals surface area contributed by atoms with Gasteiger partial charge in [0.1, 0.15) is 17.1 Å². The minimum atomic E-state index is -1.77. The number of hydrogen-bond acceptors (Lipinski definition) is 8. The summed E-state index contributed by atoms with van der Waals surface area (Å²) < 4.78 is 16.6. The molecule has 184 valence electrons. The molecule has 0 spiro atoms. The molecule has 2 N–H and O–H groups in total. The molecule has 33 heavy (non-hydrogen) atoms. The summed E-state index contributed by atoms with van der Waals surface area (Å²) in [4.78, 5) is 39.7. The Hall–Kier alpha value is -2.61. The molecule has 1 saturated carbocycles. The average molecular weight is 465 g/mol. The van der Waals surface area contributed by atoms with Crippen LogP contribution in [-0.4, -0.2) is 51.3 Å². The second kappa shape index (κ2) is 9.33. The fourth-order valence-corrected chi connectivity index (χ4v) is 4.16. The van der Waals surface area contributed by atoms with Crippen LogP contribution in [0.1, 0.15) is 73.3 Å². The van der Waals surface area contributed by atoms with Crippen molar-refractivity contribution >= 4 is 17.7 Å². The molecule has 2 rings (SSSR count). The maximum atomic E-state index is 13.3. The number of aliphatic hydroxyl groups is 1. The van der Waals surface area contributed by atoms with Crippen LogP contribution >= 0.6 is 0 Å². The third-order valence-corrected chi connectivity index (χ3v) is 5.26. The minimum Gasteiger partial charge on any atom is -0.504 e. The molecule has 0 amide bonds. The van der Waals surface area contributed by atoms with E-state index in [1.54, 1.807) is 48.5 Å². The smallest absolute Gasteiger partial charge is 0.317 e. The Kier molecular flexibility index (Phi) is 7.53. The van der Waals surface area contributed by atoms with Crippen LogP contribution in [-0.2, 0) is 23.9 Å². The molecule has 1 aliphatic carbocycles. The van der Waals surface area contributed by atoms with Crippen molar-refractivity contribution in [2.45, 2.75) is 84.5 Å². The highest BCUT2D eigenvalue weighted by Crippen LogP contribution is 2.48. The standard InChI is InChI=1S/C25H36O8/c1-9-31-17-12-14(10-11-15(17)26)18-19(21(28)32-23(2,3)4)16(27)13-25(8,30)20(18)22(29)33-24(5,6)7/h10-12,18-20,26,30H,9,13H2,1-8H3/t18-,19-,20+,25-/m1/s1. The summed E-state index contributed by atoms with van der Waals surface area (Å²) in [5.74, 6) is -5.73. The zero-order chi connectivity index (χ0) is 25.4. The number of ketones is 1. The van der Waals surface area contributed by atoms with Crippen LogP contribution in [0.4, 0.5) is 0 Å². The Bertz CT molecular complexity index is 904. The summed E-state index contributed by atoms with van der Waals surface area (Å²) in [6.07, 6.45) is -0.409. The second-order valence-corrected chi connectivity index (χ2v) is 10.7. The lowest BCUT2D eigenvalue weighted by Crippen LogP contribution is -2.56. The number of benzene rings is 1. The lowest BCUT2D eigenvalue weighted by Gasteiger charge is -2.44. The van der Waals surface area contributed by atoms with Gasteiger partial charge in [0.2, 0.25) is 0 Å². The molecule has 1 aromatic carbocycles. The van der Waals surface area contributed by atoms with Gasteiger partial charge in [0.25, 0.3) is 0 Å². The van der Waals surface area contributed by atoms with Crippen LogP contribution < -0.4 is 4.74 Å². The van der Waals surface area contributed by atoms with E-state index in [0.29, 0.717) is 5.56 Å². The largest absolute Gasteiger partial charge is 0.504 e. The highest BCUT2D eigenvalue weighted by Gasteiger charge is 2.58. The minimum absolute atomic E-state index is 0.128. The second-order valence-electron chi connectivity index (χ2n) is 10.7. The van der Waals surface area contributed by atoms with E-state index in [9.17, 15) is 24.6 Å². The van der Waals surface area contributed by atoms with E-state index in [-0.39, 0.29) is 18.1 Å². The number of rotatable bonds is 5.